The molecule has 0 unspecified atom stereocenters. The number of nitriles is 2. The molecule has 0 radical (unpaired) electrons. The van der Waals surface area contributed by atoms with Crippen LogP contribution in [0.3, 0.4) is 0 Å². The fraction of sp³-hybridized carbons (Fsp3) is 0.300. The van der Waals surface area contributed by atoms with Crippen LogP contribution in [0.4, 0.5) is 8.78 Å². The van der Waals surface area contributed by atoms with E-state index in [9.17, 15) is 8.78 Å². The molecule has 0 aliphatic carbocycles. The monoisotopic (exact) mass is 222 g/mol. The van der Waals surface area contributed by atoms with Crippen molar-refractivity contribution < 1.29 is 8.78 Å². The Morgan fingerprint density at radius 2 is 2.12 bits per heavy atom. The van der Waals surface area contributed by atoms with Gasteiger partial charge in [-0.3, -0.25) is 4.98 Å². The van der Waals surface area contributed by atoms with Crippen molar-refractivity contribution in [1.82, 2.24) is 4.98 Å². The van der Waals surface area contributed by atoms with E-state index < -0.39 is 6.43 Å². The van der Waals surface area contributed by atoms with Gasteiger partial charge in [0.2, 0.25) is 0 Å². The summed E-state index contributed by atoms with van der Waals surface area (Å²) >= 11 is 0. The van der Waals surface area contributed by atoms with Gasteiger partial charge in [-0.25, -0.2) is 8.78 Å². The van der Waals surface area contributed by atoms with Crippen molar-refractivity contribution in [2.24, 2.45) is 5.73 Å². The maximum atomic E-state index is 12.8. The zero-order valence-electron chi connectivity index (χ0n) is 8.24. The molecule has 0 amide bonds. The van der Waals surface area contributed by atoms with E-state index in [0.717, 1.165) is 0 Å². The molecule has 1 aromatic heterocycles. The summed E-state index contributed by atoms with van der Waals surface area (Å²) in [6.07, 6.45) is -1.87. The highest BCUT2D eigenvalue weighted by Gasteiger charge is 2.21. The Balaban J connectivity index is 3.49. The lowest BCUT2D eigenvalue weighted by Crippen LogP contribution is -2.10. The van der Waals surface area contributed by atoms with Crippen molar-refractivity contribution in [2.45, 2.75) is 19.4 Å². The smallest absolute Gasteiger partial charge is 0.265 e. The molecular weight excluding hydrogens is 214 g/mol. The predicted octanol–water partition coefficient (Wildman–Crippen LogP) is 1.42. The molecule has 0 aromatic carbocycles. The molecule has 0 aliphatic heterocycles. The Labute approximate surface area is 90.9 Å². The van der Waals surface area contributed by atoms with Crippen molar-refractivity contribution in [2.75, 3.05) is 0 Å². The number of rotatable bonds is 3. The number of alkyl halides is 2. The molecule has 0 aliphatic rings. The third kappa shape index (κ3) is 2.13. The van der Waals surface area contributed by atoms with Crippen molar-refractivity contribution in [3.63, 3.8) is 0 Å². The summed E-state index contributed by atoms with van der Waals surface area (Å²) in [7, 11) is 0. The second kappa shape index (κ2) is 5.15. The first-order chi connectivity index (χ1) is 7.65. The number of halogens is 2. The van der Waals surface area contributed by atoms with Crippen molar-refractivity contribution in [1.29, 1.82) is 10.5 Å². The maximum absolute atomic E-state index is 12.8. The van der Waals surface area contributed by atoms with Gasteiger partial charge in [0.1, 0.15) is 6.07 Å². The third-order valence-corrected chi connectivity index (χ3v) is 2.10. The summed E-state index contributed by atoms with van der Waals surface area (Å²) in [4.78, 5) is 3.70. The van der Waals surface area contributed by atoms with E-state index in [1.54, 1.807) is 12.1 Å². The number of hydrogen-bond acceptors (Lipinski definition) is 4. The largest absolute Gasteiger partial charge is 0.325 e. The highest BCUT2D eigenvalue weighted by atomic mass is 19.3. The van der Waals surface area contributed by atoms with E-state index in [1.165, 1.54) is 6.20 Å². The van der Waals surface area contributed by atoms with Gasteiger partial charge in [-0.1, -0.05) is 0 Å². The zero-order chi connectivity index (χ0) is 12.1. The van der Waals surface area contributed by atoms with Gasteiger partial charge in [0.05, 0.1) is 23.7 Å². The number of nitrogens with two attached hydrogens (primary N) is 1. The summed E-state index contributed by atoms with van der Waals surface area (Å²) in [5.74, 6) is 0. The quantitative estimate of drug-likeness (QED) is 0.837. The number of hydrogen-bond donors (Lipinski definition) is 1. The van der Waals surface area contributed by atoms with Gasteiger partial charge < -0.3 is 5.73 Å². The topological polar surface area (TPSA) is 86.5 Å². The number of nitrogens with zero attached hydrogens (tertiary/aromatic N) is 3. The summed E-state index contributed by atoms with van der Waals surface area (Å²) in [6, 6.07) is 3.49. The molecule has 0 spiro atoms. The lowest BCUT2D eigenvalue weighted by molar-refractivity contribution is 0.148. The normalized spacial score (nSPS) is 9.88. The Bertz CT molecular complexity index is 471. The van der Waals surface area contributed by atoms with Gasteiger partial charge in [0.15, 0.2) is 0 Å². The average molecular weight is 222 g/mol. The van der Waals surface area contributed by atoms with Crippen LogP contribution in [0.5, 0.6) is 0 Å². The highest BCUT2D eigenvalue weighted by molar-refractivity contribution is 5.45. The minimum Gasteiger partial charge on any atom is -0.325 e. The molecule has 0 saturated heterocycles. The first kappa shape index (κ1) is 12.0. The van der Waals surface area contributed by atoms with E-state index in [2.05, 4.69) is 4.98 Å². The van der Waals surface area contributed by atoms with E-state index in [4.69, 9.17) is 16.3 Å². The van der Waals surface area contributed by atoms with Crippen LogP contribution in [-0.4, -0.2) is 4.98 Å². The van der Waals surface area contributed by atoms with Gasteiger partial charge in [0.25, 0.3) is 6.43 Å². The van der Waals surface area contributed by atoms with Crippen molar-refractivity contribution >= 4 is 0 Å². The minimum absolute atomic E-state index is 0.00551. The molecule has 0 fully saturated rings. The van der Waals surface area contributed by atoms with Gasteiger partial charge in [-0.2, -0.15) is 10.5 Å². The maximum Gasteiger partial charge on any atom is 0.265 e. The second-order valence-electron chi connectivity index (χ2n) is 2.96. The molecule has 2 N–H and O–H groups in total. The van der Waals surface area contributed by atoms with Crippen LogP contribution < -0.4 is 5.73 Å². The van der Waals surface area contributed by atoms with Crippen LogP contribution in [0.25, 0.3) is 0 Å². The molecule has 6 heteroatoms. The molecular formula is C10H8F2N4. The van der Waals surface area contributed by atoms with Crippen LogP contribution in [0.2, 0.25) is 0 Å². The van der Waals surface area contributed by atoms with Crippen LogP contribution in [0.1, 0.15) is 28.8 Å². The molecule has 82 valence electrons. The number of aromatic nitrogens is 1. The highest BCUT2D eigenvalue weighted by Crippen LogP contribution is 2.27. The van der Waals surface area contributed by atoms with Gasteiger partial charge in [-0.15, -0.1) is 0 Å². The average Bonchev–Trinajstić information content (AvgIpc) is 2.28. The first-order valence-electron chi connectivity index (χ1n) is 4.41. The second-order valence-corrected chi connectivity index (χ2v) is 2.96. The van der Waals surface area contributed by atoms with Crippen molar-refractivity contribution in [3.8, 4) is 12.1 Å². The standard InChI is InChI=1S/C10H8F2N4/c11-10(12)9-7(1-2-13)6(3-14)5-16-8(9)4-15/h5,10H,1,4,15H2. The van der Waals surface area contributed by atoms with Crippen molar-refractivity contribution in [3.05, 3.63) is 28.6 Å². The SMILES string of the molecule is N#CCc1c(C#N)cnc(CN)c1C(F)F. The molecule has 0 bridgehead atoms. The number of pyridine rings is 1. The van der Waals surface area contributed by atoms with E-state index in [-0.39, 0.29) is 35.3 Å². The van der Waals surface area contributed by atoms with Crippen LogP contribution >= 0.6 is 0 Å². The Morgan fingerprint density at radius 3 is 2.56 bits per heavy atom. The van der Waals surface area contributed by atoms with Gasteiger partial charge >= 0.3 is 0 Å². The molecule has 16 heavy (non-hydrogen) atoms. The van der Waals surface area contributed by atoms with E-state index >= 15 is 0 Å². The summed E-state index contributed by atoms with van der Waals surface area (Å²) in [5, 5.41) is 17.3. The van der Waals surface area contributed by atoms with E-state index in [0.29, 0.717) is 0 Å². The third-order valence-electron chi connectivity index (χ3n) is 2.10. The molecule has 1 aromatic rings. The van der Waals surface area contributed by atoms with Gasteiger partial charge in [-0.05, 0) is 5.56 Å². The first-order valence-corrected chi connectivity index (χ1v) is 4.41. The fourth-order valence-electron chi connectivity index (χ4n) is 1.40. The van der Waals surface area contributed by atoms with E-state index in [1.807, 2.05) is 0 Å². The van der Waals surface area contributed by atoms with Gasteiger partial charge in [0, 0.05) is 18.3 Å². The Hall–Kier alpha value is -2.05. The van der Waals surface area contributed by atoms with Crippen LogP contribution in [-0.2, 0) is 13.0 Å². The van der Waals surface area contributed by atoms with Crippen LogP contribution in [0, 0.1) is 22.7 Å². The van der Waals surface area contributed by atoms with Crippen LogP contribution in [0.15, 0.2) is 6.20 Å². The lowest BCUT2D eigenvalue weighted by atomic mass is 9.99. The lowest BCUT2D eigenvalue weighted by Gasteiger charge is -2.11. The molecule has 4 nitrogen and oxygen atoms in total. The molecule has 1 heterocycles. The molecule has 0 atom stereocenters. The summed E-state index contributed by atoms with van der Waals surface area (Å²) < 4.78 is 25.6. The minimum atomic E-state index is -2.79. The molecule has 1 rings (SSSR count). The Morgan fingerprint density at radius 1 is 1.44 bits per heavy atom. The fourth-order valence-corrected chi connectivity index (χ4v) is 1.40. The summed E-state index contributed by atoms with van der Waals surface area (Å²) in [5.41, 5.74) is 4.94. The summed E-state index contributed by atoms with van der Waals surface area (Å²) in [6.45, 7) is -0.149. The predicted molar refractivity (Wildman–Crippen MR) is 51.1 cm³/mol. The zero-order valence-corrected chi connectivity index (χ0v) is 8.24. The molecule has 0 saturated carbocycles. The Kier molecular flexibility index (Phi) is 3.87.